The minimum Gasteiger partial charge on any atom is -0.493 e. The third-order valence-corrected chi connectivity index (χ3v) is 4.61. The van der Waals surface area contributed by atoms with Crippen molar-refractivity contribution in [1.29, 1.82) is 0 Å². The van der Waals surface area contributed by atoms with Gasteiger partial charge in [0.25, 0.3) is 11.5 Å². The van der Waals surface area contributed by atoms with Crippen LogP contribution in [0.1, 0.15) is 30.6 Å². The maximum Gasteiger partial charge on any atom is 0.258 e. The molecular weight excluding hydrogens is 394 g/mol. The summed E-state index contributed by atoms with van der Waals surface area (Å²) in [6, 6.07) is 8.01. The van der Waals surface area contributed by atoms with E-state index in [1.165, 1.54) is 19.5 Å². The Labute approximate surface area is 173 Å². The molecule has 0 saturated heterocycles. The Bertz CT molecular complexity index is 1090. The molecule has 2 aromatic carbocycles. The van der Waals surface area contributed by atoms with Crippen LogP contribution < -0.4 is 20.3 Å². The number of hydrogen-bond acceptors (Lipinski definition) is 5. The zero-order chi connectivity index (χ0) is 21.0. The summed E-state index contributed by atoms with van der Waals surface area (Å²) in [6.07, 6.45) is 2.21. The molecule has 0 aliphatic rings. The number of H-pyrrole nitrogens is 1. The van der Waals surface area contributed by atoms with Crippen molar-refractivity contribution in [3.05, 3.63) is 57.6 Å². The Morgan fingerprint density at radius 2 is 2.07 bits per heavy atom. The van der Waals surface area contributed by atoms with Gasteiger partial charge in [0.2, 0.25) is 0 Å². The molecule has 152 valence electrons. The number of nitrogens with one attached hydrogen (secondary N) is 2. The quantitative estimate of drug-likeness (QED) is 0.601. The predicted molar refractivity (Wildman–Crippen MR) is 113 cm³/mol. The van der Waals surface area contributed by atoms with Gasteiger partial charge in [-0.15, -0.1) is 0 Å². The first-order valence-corrected chi connectivity index (χ1v) is 9.56. The van der Waals surface area contributed by atoms with Crippen LogP contribution in [0.3, 0.4) is 0 Å². The standard InChI is InChI=1S/C21H22ClN3O4/c1-12(2)6-7-29-19-16(22)8-13(9-18(19)28-3)20(26)25-14-4-5-17-15(10-14)21(27)24-11-23-17/h4-5,8-12H,6-7H2,1-3H3,(H,25,26)(H,23,24,27). The van der Waals surface area contributed by atoms with E-state index in [0.29, 0.717) is 46.2 Å². The van der Waals surface area contributed by atoms with Crippen LogP contribution in [0, 0.1) is 5.92 Å². The predicted octanol–water partition coefficient (Wildman–Crippen LogP) is 4.26. The summed E-state index contributed by atoms with van der Waals surface area (Å²) < 4.78 is 11.1. The smallest absolute Gasteiger partial charge is 0.258 e. The van der Waals surface area contributed by atoms with Gasteiger partial charge in [0, 0.05) is 11.3 Å². The molecule has 1 aromatic heterocycles. The van der Waals surface area contributed by atoms with Crippen molar-refractivity contribution in [3.8, 4) is 11.5 Å². The van der Waals surface area contributed by atoms with Gasteiger partial charge >= 0.3 is 0 Å². The van der Waals surface area contributed by atoms with E-state index in [4.69, 9.17) is 21.1 Å². The van der Waals surface area contributed by atoms with Crippen molar-refractivity contribution in [2.24, 2.45) is 5.92 Å². The lowest BCUT2D eigenvalue weighted by atomic mass is 10.1. The highest BCUT2D eigenvalue weighted by atomic mass is 35.5. The van der Waals surface area contributed by atoms with Gasteiger partial charge in [0.1, 0.15) is 0 Å². The number of anilines is 1. The SMILES string of the molecule is COc1cc(C(=O)Nc2ccc3nc[nH]c(=O)c3c2)cc(Cl)c1OCCC(C)C. The molecule has 1 heterocycles. The minimum atomic E-state index is -0.390. The summed E-state index contributed by atoms with van der Waals surface area (Å²) in [5.41, 5.74) is 1.04. The summed E-state index contributed by atoms with van der Waals surface area (Å²) in [4.78, 5) is 31.2. The summed E-state index contributed by atoms with van der Waals surface area (Å²) in [7, 11) is 1.49. The number of methoxy groups -OCH3 is 1. The third kappa shape index (κ3) is 4.86. The van der Waals surface area contributed by atoms with Gasteiger partial charge in [-0.25, -0.2) is 4.98 Å². The van der Waals surface area contributed by atoms with E-state index in [9.17, 15) is 9.59 Å². The van der Waals surface area contributed by atoms with Crippen LogP contribution in [-0.4, -0.2) is 29.6 Å². The van der Waals surface area contributed by atoms with Gasteiger partial charge in [0.05, 0.1) is 36.0 Å². The lowest BCUT2D eigenvalue weighted by Gasteiger charge is -2.15. The zero-order valence-electron chi connectivity index (χ0n) is 16.4. The summed E-state index contributed by atoms with van der Waals surface area (Å²) in [5.74, 6) is 0.896. The first kappa shape index (κ1) is 20.7. The second-order valence-electron chi connectivity index (χ2n) is 6.94. The average molecular weight is 416 g/mol. The molecule has 0 aliphatic carbocycles. The van der Waals surface area contributed by atoms with Crippen molar-refractivity contribution in [1.82, 2.24) is 9.97 Å². The Morgan fingerprint density at radius 3 is 2.79 bits per heavy atom. The highest BCUT2D eigenvalue weighted by molar-refractivity contribution is 6.32. The highest BCUT2D eigenvalue weighted by Crippen LogP contribution is 2.37. The Kier molecular flexibility index (Phi) is 6.39. The van der Waals surface area contributed by atoms with Gasteiger partial charge in [-0.1, -0.05) is 25.4 Å². The van der Waals surface area contributed by atoms with E-state index < -0.39 is 5.91 Å². The molecule has 0 bridgehead atoms. The van der Waals surface area contributed by atoms with Gasteiger partial charge in [-0.2, -0.15) is 0 Å². The lowest BCUT2D eigenvalue weighted by Crippen LogP contribution is -2.13. The number of carbonyl (C=O) groups excluding carboxylic acids is 1. The molecule has 8 heteroatoms. The number of carbonyl (C=O) groups is 1. The van der Waals surface area contributed by atoms with Crippen LogP contribution in [0.25, 0.3) is 10.9 Å². The fraction of sp³-hybridized carbons (Fsp3) is 0.286. The van der Waals surface area contributed by atoms with E-state index in [1.807, 2.05) is 0 Å². The molecule has 29 heavy (non-hydrogen) atoms. The number of aromatic nitrogens is 2. The Balaban J connectivity index is 1.83. The molecular formula is C21H22ClN3O4. The number of ether oxygens (including phenoxy) is 2. The second-order valence-corrected chi connectivity index (χ2v) is 7.35. The number of fused-ring (bicyclic) bond motifs is 1. The summed E-state index contributed by atoms with van der Waals surface area (Å²) in [5, 5.41) is 3.43. The van der Waals surface area contributed by atoms with Crippen LogP contribution in [0.15, 0.2) is 41.5 Å². The van der Waals surface area contributed by atoms with Gasteiger partial charge in [0.15, 0.2) is 11.5 Å². The van der Waals surface area contributed by atoms with Crippen LogP contribution in [0.2, 0.25) is 5.02 Å². The van der Waals surface area contributed by atoms with Crippen molar-refractivity contribution in [3.63, 3.8) is 0 Å². The topological polar surface area (TPSA) is 93.3 Å². The number of benzene rings is 2. The van der Waals surface area contributed by atoms with Crippen LogP contribution in [0.4, 0.5) is 5.69 Å². The number of nitrogens with zero attached hydrogens (tertiary/aromatic N) is 1. The summed E-state index contributed by atoms with van der Waals surface area (Å²) in [6.45, 7) is 4.71. The Morgan fingerprint density at radius 1 is 1.28 bits per heavy atom. The zero-order valence-corrected chi connectivity index (χ0v) is 17.2. The molecule has 7 nitrogen and oxygen atoms in total. The molecule has 0 aliphatic heterocycles. The number of rotatable bonds is 7. The van der Waals surface area contributed by atoms with Gasteiger partial charge < -0.3 is 19.8 Å². The van der Waals surface area contributed by atoms with E-state index in [1.54, 1.807) is 24.3 Å². The van der Waals surface area contributed by atoms with E-state index in [2.05, 4.69) is 29.1 Å². The average Bonchev–Trinajstić information content (AvgIpc) is 2.69. The number of aromatic amines is 1. The monoisotopic (exact) mass is 415 g/mol. The molecule has 0 spiro atoms. The molecule has 0 atom stereocenters. The second kappa shape index (κ2) is 8.96. The first-order valence-electron chi connectivity index (χ1n) is 9.18. The molecule has 0 radical (unpaired) electrons. The number of amides is 1. The van der Waals surface area contributed by atoms with Crippen molar-refractivity contribution >= 4 is 34.1 Å². The minimum absolute atomic E-state index is 0.279. The fourth-order valence-corrected chi connectivity index (χ4v) is 3.00. The lowest BCUT2D eigenvalue weighted by molar-refractivity contribution is 0.102. The normalized spacial score (nSPS) is 10.9. The molecule has 0 saturated carbocycles. The molecule has 2 N–H and O–H groups in total. The van der Waals surface area contributed by atoms with Crippen molar-refractivity contribution in [2.45, 2.75) is 20.3 Å². The van der Waals surface area contributed by atoms with Crippen LogP contribution >= 0.6 is 11.6 Å². The third-order valence-electron chi connectivity index (χ3n) is 4.33. The summed E-state index contributed by atoms with van der Waals surface area (Å²) >= 11 is 6.34. The largest absolute Gasteiger partial charge is 0.493 e. The van der Waals surface area contributed by atoms with Gasteiger partial charge in [-0.3, -0.25) is 9.59 Å². The molecule has 1 amide bonds. The molecule has 3 aromatic rings. The number of halogens is 1. The van der Waals surface area contributed by atoms with Crippen LogP contribution in [-0.2, 0) is 0 Å². The molecule has 0 unspecified atom stereocenters. The first-order chi connectivity index (χ1) is 13.9. The Hall–Kier alpha value is -3.06. The fourth-order valence-electron chi connectivity index (χ4n) is 2.74. The van der Waals surface area contributed by atoms with Crippen molar-refractivity contribution < 1.29 is 14.3 Å². The maximum absolute atomic E-state index is 12.7. The van der Waals surface area contributed by atoms with E-state index >= 15 is 0 Å². The van der Waals surface area contributed by atoms with Gasteiger partial charge in [-0.05, 0) is 42.7 Å². The van der Waals surface area contributed by atoms with E-state index in [-0.39, 0.29) is 10.6 Å². The van der Waals surface area contributed by atoms with E-state index in [0.717, 1.165) is 6.42 Å². The molecule has 3 rings (SSSR count). The molecule has 0 fully saturated rings. The maximum atomic E-state index is 12.7. The highest BCUT2D eigenvalue weighted by Gasteiger charge is 2.16. The van der Waals surface area contributed by atoms with Crippen LogP contribution in [0.5, 0.6) is 11.5 Å². The number of hydrogen-bond donors (Lipinski definition) is 2. The van der Waals surface area contributed by atoms with Crippen molar-refractivity contribution in [2.75, 3.05) is 19.0 Å².